The number of nitrogens with one attached hydrogen (secondary N) is 1. The molecule has 0 aromatic heterocycles. The molecule has 1 aliphatic heterocycles. The predicted octanol–water partition coefficient (Wildman–Crippen LogP) is 3.28. The lowest BCUT2D eigenvalue weighted by Gasteiger charge is -2.19. The Hall–Kier alpha value is -2.16. The Bertz CT molecular complexity index is 511. The number of rotatable bonds is 2. The topological polar surface area (TPSA) is 30.5 Å². The molecule has 1 aliphatic rings. The molecule has 86 valence electrons. The van der Waals surface area contributed by atoms with Gasteiger partial charge in [0.1, 0.15) is 23.9 Å². The van der Waals surface area contributed by atoms with Gasteiger partial charge in [0.15, 0.2) is 0 Å². The largest absolute Gasteiger partial charge is 0.489 e. The fourth-order valence-corrected chi connectivity index (χ4v) is 1.80. The highest BCUT2D eigenvalue weighted by atomic mass is 16.5. The van der Waals surface area contributed by atoms with Crippen LogP contribution in [-0.2, 0) is 0 Å². The lowest BCUT2D eigenvalue weighted by Crippen LogP contribution is -2.17. The number of benzene rings is 2. The van der Waals surface area contributed by atoms with Crippen LogP contribution >= 0.6 is 0 Å². The Kier molecular flexibility index (Phi) is 2.58. The molecule has 0 amide bonds. The zero-order chi connectivity index (χ0) is 11.5. The van der Waals surface area contributed by atoms with E-state index >= 15 is 0 Å². The van der Waals surface area contributed by atoms with Crippen LogP contribution in [0, 0.1) is 0 Å². The minimum absolute atomic E-state index is 0.696. The quantitative estimate of drug-likeness (QED) is 0.854. The Balaban J connectivity index is 1.84. The second-order valence-electron chi connectivity index (χ2n) is 3.85. The van der Waals surface area contributed by atoms with Crippen LogP contribution < -0.4 is 14.8 Å². The van der Waals surface area contributed by atoms with Gasteiger partial charge < -0.3 is 14.8 Å². The third kappa shape index (κ3) is 2.18. The number of hydrogen-bond acceptors (Lipinski definition) is 3. The summed E-state index contributed by atoms with van der Waals surface area (Å²) in [7, 11) is 0. The molecule has 0 saturated heterocycles. The Labute approximate surface area is 100.0 Å². The molecule has 0 aliphatic carbocycles. The van der Waals surface area contributed by atoms with Gasteiger partial charge in [0.2, 0.25) is 0 Å². The average molecular weight is 227 g/mol. The van der Waals surface area contributed by atoms with Crippen LogP contribution in [0.2, 0.25) is 0 Å². The van der Waals surface area contributed by atoms with Crippen LogP contribution in [0.5, 0.6) is 17.2 Å². The van der Waals surface area contributed by atoms with E-state index in [2.05, 4.69) is 5.32 Å². The summed E-state index contributed by atoms with van der Waals surface area (Å²) >= 11 is 0. The number of hydrogen-bond donors (Lipinski definition) is 1. The van der Waals surface area contributed by atoms with Crippen molar-refractivity contribution in [1.82, 2.24) is 0 Å². The van der Waals surface area contributed by atoms with Crippen molar-refractivity contribution in [2.45, 2.75) is 0 Å². The second kappa shape index (κ2) is 4.37. The van der Waals surface area contributed by atoms with E-state index in [1.165, 1.54) is 0 Å². The summed E-state index contributed by atoms with van der Waals surface area (Å²) < 4.78 is 11.3. The zero-order valence-corrected chi connectivity index (χ0v) is 9.35. The molecule has 0 bridgehead atoms. The lowest BCUT2D eigenvalue weighted by atomic mass is 10.2. The molecule has 3 heteroatoms. The second-order valence-corrected chi connectivity index (χ2v) is 3.85. The van der Waals surface area contributed by atoms with Crippen molar-refractivity contribution in [1.29, 1.82) is 0 Å². The van der Waals surface area contributed by atoms with Crippen molar-refractivity contribution in [2.75, 3.05) is 18.5 Å². The normalized spacial score (nSPS) is 13.2. The van der Waals surface area contributed by atoms with Crippen molar-refractivity contribution in [3.05, 3.63) is 48.5 Å². The van der Waals surface area contributed by atoms with E-state index < -0.39 is 0 Å². The maximum absolute atomic E-state index is 5.74. The van der Waals surface area contributed by atoms with E-state index in [1.54, 1.807) is 0 Å². The van der Waals surface area contributed by atoms with Crippen LogP contribution in [0.15, 0.2) is 48.5 Å². The SMILES string of the molecule is c1ccc(Oc2ccc3c(c2)OCCN3)cc1. The number of fused-ring (bicyclic) bond motifs is 1. The van der Waals surface area contributed by atoms with Gasteiger partial charge in [-0.15, -0.1) is 0 Å². The summed E-state index contributed by atoms with van der Waals surface area (Å²) in [6.07, 6.45) is 0. The van der Waals surface area contributed by atoms with Crippen molar-refractivity contribution in [3.63, 3.8) is 0 Å². The summed E-state index contributed by atoms with van der Waals surface area (Å²) in [6, 6.07) is 15.6. The van der Waals surface area contributed by atoms with Gasteiger partial charge in [-0.3, -0.25) is 0 Å². The van der Waals surface area contributed by atoms with Gasteiger partial charge in [0.25, 0.3) is 0 Å². The molecule has 17 heavy (non-hydrogen) atoms. The zero-order valence-electron chi connectivity index (χ0n) is 9.35. The molecule has 0 fully saturated rings. The Morgan fingerprint density at radius 3 is 2.76 bits per heavy atom. The van der Waals surface area contributed by atoms with Crippen molar-refractivity contribution >= 4 is 5.69 Å². The first-order valence-electron chi connectivity index (χ1n) is 5.65. The van der Waals surface area contributed by atoms with Crippen molar-refractivity contribution in [2.24, 2.45) is 0 Å². The highest BCUT2D eigenvalue weighted by Gasteiger charge is 2.10. The highest BCUT2D eigenvalue weighted by Crippen LogP contribution is 2.33. The molecule has 1 heterocycles. The molecule has 3 nitrogen and oxygen atoms in total. The molecule has 2 aromatic carbocycles. The molecular weight excluding hydrogens is 214 g/mol. The number of ether oxygens (including phenoxy) is 2. The van der Waals surface area contributed by atoms with Crippen LogP contribution in [0.4, 0.5) is 5.69 Å². The van der Waals surface area contributed by atoms with Gasteiger partial charge in [-0.05, 0) is 24.3 Å². The van der Waals surface area contributed by atoms with Gasteiger partial charge in [-0.1, -0.05) is 18.2 Å². The molecule has 0 radical (unpaired) electrons. The first-order chi connectivity index (χ1) is 8.42. The van der Waals surface area contributed by atoms with Crippen molar-refractivity contribution < 1.29 is 9.47 Å². The maximum atomic E-state index is 5.74. The van der Waals surface area contributed by atoms with Crippen LogP contribution in [0.3, 0.4) is 0 Å². The van der Waals surface area contributed by atoms with E-state index in [9.17, 15) is 0 Å². The molecular formula is C14H13NO2. The highest BCUT2D eigenvalue weighted by molar-refractivity contribution is 5.60. The Morgan fingerprint density at radius 2 is 1.88 bits per heavy atom. The summed E-state index contributed by atoms with van der Waals surface area (Å²) in [5.74, 6) is 2.47. The van der Waals surface area contributed by atoms with E-state index in [-0.39, 0.29) is 0 Å². The number of anilines is 1. The van der Waals surface area contributed by atoms with E-state index in [1.807, 2.05) is 48.5 Å². The standard InChI is InChI=1S/C14H13NO2/c1-2-4-11(5-3-1)17-12-6-7-13-14(10-12)16-9-8-15-13/h1-7,10,15H,8-9H2. The minimum atomic E-state index is 0.696. The maximum Gasteiger partial charge on any atom is 0.146 e. The van der Waals surface area contributed by atoms with E-state index in [0.29, 0.717) is 6.61 Å². The molecule has 0 saturated carbocycles. The molecule has 2 aromatic rings. The average Bonchev–Trinajstić information content (AvgIpc) is 2.40. The van der Waals surface area contributed by atoms with Gasteiger partial charge in [-0.2, -0.15) is 0 Å². The van der Waals surface area contributed by atoms with Crippen LogP contribution in [0.25, 0.3) is 0 Å². The van der Waals surface area contributed by atoms with E-state index in [4.69, 9.17) is 9.47 Å². The molecule has 1 N–H and O–H groups in total. The molecule has 0 unspecified atom stereocenters. The Morgan fingerprint density at radius 1 is 1.00 bits per heavy atom. The van der Waals surface area contributed by atoms with Gasteiger partial charge in [0.05, 0.1) is 5.69 Å². The van der Waals surface area contributed by atoms with Crippen molar-refractivity contribution in [3.8, 4) is 17.2 Å². The summed E-state index contributed by atoms with van der Waals surface area (Å²) in [5, 5.41) is 3.27. The third-order valence-corrected chi connectivity index (χ3v) is 2.61. The third-order valence-electron chi connectivity index (χ3n) is 2.61. The fraction of sp³-hybridized carbons (Fsp3) is 0.143. The lowest BCUT2D eigenvalue weighted by molar-refractivity contribution is 0.321. The van der Waals surface area contributed by atoms with Crippen LogP contribution in [0.1, 0.15) is 0 Å². The predicted molar refractivity (Wildman–Crippen MR) is 66.9 cm³/mol. The van der Waals surface area contributed by atoms with Gasteiger partial charge in [0, 0.05) is 12.6 Å². The summed E-state index contributed by atoms with van der Waals surface area (Å²) in [5.41, 5.74) is 1.02. The minimum Gasteiger partial charge on any atom is -0.489 e. The van der Waals surface area contributed by atoms with Crippen LogP contribution in [-0.4, -0.2) is 13.2 Å². The first-order valence-corrected chi connectivity index (χ1v) is 5.65. The first kappa shape index (κ1) is 10.0. The fourth-order valence-electron chi connectivity index (χ4n) is 1.80. The smallest absolute Gasteiger partial charge is 0.146 e. The molecule has 0 atom stereocenters. The van der Waals surface area contributed by atoms with Gasteiger partial charge >= 0.3 is 0 Å². The molecule has 0 spiro atoms. The number of para-hydroxylation sites is 1. The molecule has 3 rings (SSSR count). The summed E-state index contributed by atoms with van der Waals surface area (Å²) in [4.78, 5) is 0. The monoisotopic (exact) mass is 227 g/mol. The van der Waals surface area contributed by atoms with Gasteiger partial charge in [-0.25, -0.2) is 0 Å². The summed E-state index contributed by atoms with van der Waals surface area (Å²) in [6.45, 7) is 1.55. The van der Waals surface area contributed by atoms with E-state index in [0.717, 1.165) is 29.5 Å².